The highest BCUT2D eigenvalue weighted by Crippen LogP contribution is 2.23. The van der Waals surface area contributed by atoms with Crippen molar-refractivity contribution in [3.63, 3.8) is 0 Å². The van der Waals surface area contributed by atoms with Crippen LogP contribution in [0, 0.1) is 0 Å². The molecular weight excluding hydrogens is 198 g/mol. The van der Waals surface area contributed by atoms with E-state index in [2.05, 4.69) is 6.58 Å². The summed E-state index contributed by atoms with van der Waals surface area (Å²) in [4.78, 5) is 22.9. The van der Waals surface area contributed by atoms with Crippen LogP contribution in [-0.2, 0) is 14.3 Å². The molecule has 1 heterocycles. The molecular formula is C10H15NO4. The number of hydrogen-bond acceptors (Lipinski definition) is 4. The van der Waals surface area contributed by atoms with Gasteiger partial charge in [0, 0.05) is 19.4 Å². The maximum atomic E-state index is 11.0. The summed E-state index contributed by atoms with van der Waals surface area (Å²) in [5.41, 5.74) is 0.751. The number of aliphatic hydroxyl groups is 1. The molecule has 1 amide bonds. The number of likely N-dealkylation sites (tertiary alicyclic amines) is 1. The quantitative estimate of drug-likeness (QED) is 0.398. The van der Waals surface area contributed by atoms with Gasteiger partial charge in [-0.1, -0.05) is 6.58 Å². The van der Waals surface area contributed by atoms with Crippen LogP contribution in [0.1, 0.15) is 19.8 Å². The summed E-state index contributed by atoms with van der Waals surface area (Å²) in [5, 5.41) is 8.85. The topological polar surface area (TPSA) is 66.8 Å². The lowest BCUT2D eigenvalue weighted by molar-refractivity contribution is -0.152. The van der Waals surface area contributed by atoms with Crippen LogP contribution in [-0.4, -0.2) is 41.3 Å². The van der Waals surface area contributed by atoms with Gasteiger partial charge in [-0.25, -0.2) is 0 Å². The van der Waals surface area contributed by atoms with E-state index in [-0.39, 0.29) is 31.3 Å². The van der Waals surface area contributed by atoms with E-state index < -0.39 is 0 Å². The van der Waals surface area contributed by atoms with E-state index in [0.717, 1.165) is 5.57 Å². The number of aliphatic hydroxyl groups excluding tert-OH is 1. The monoisotopic (exact) mass is 213 g/mol. The average Bonchev–Trinajstić information content (AvgIpc) is 2.14. The molecule has 0 aliphatic carbocycles. The van der Waals surface area contributed by atoms with Crippen molar-refractivity contribution in [1.82, 2.24) is 4.90 Å². The van der Waals surface area contributed by atoms with E-state index in [1.165, 1.54) is 11.8 Å². The van der Waals surface area contributed by atoms with Crippen molar-refractivity contribution in [2.75, 3.05) is 13.3 Å². The Morgan fingerprint density at radius 3 is 2.87 bits per heavy atom. The summed E-state index contributed by atoms with van der Waals surface area (Å²) in [6.45, 7) is 5.00. The summed E-state index contributed by atoms with van der Waals surface area (Å²) in [5.74, 6) is -0.400. The van der Waals surface area contributed by atoms with Gasteiger partial charge in [0.15, 0.2) is 0 Å². The van der Waals surface area contributed by atoms with Gasteiger partial charge in [-0.3, -0.25) is 9.59 Å². The number of ether oxygens (including phenoxy) is 1. The van der Waals surface area contributed by atoms with E-state index in [0.29, 0.717) is 12.8 Å². The van der Waals surface area contributed by atoms with Crippen molar-refractivity contribution >= 4 is 11.9 Å². The van der Waals surface area contributed by atoms with Gasteiger partial charge < -0.3 is 14.7 Å². The van der Waals surface area contributed by atoms with Crippen LogP contribution in [0.4, 0.5) is 0 Å². The third-order valence-corrected chi connectivity index (χ3v) is 2.33. The zero-order valence-corrected chi connectivity index (χ0v) is 8.73. The summed E-state index contributed by atoms with van der Waals surface area (Å²) >= 11 is 0. The molecule has 84 valence electrons. The molecule has 1 aliphatic heterocycles. The minimum Gasteiger partial charge on any atom is -0.461 e. The third-order valence-electron chi connectivity index (χ3n) is 2.33. The van der Waals surface area contributed by atoms with E-state index >= 15 is 0 Å². The number of esters is 1. The van der Waals surface area contributed by atoms with Gasteiger partial charge in [0.1, 0.15) is 13.3 Å². The van der Waals surface area contributed by atoms with Crippen LogP contribution < -0.4 is 0 Å². The minimum atomic E-state index is -0.347. The number of amides is 1. The Hall–Kier alpha value is -1.36. The summed E-state index contributed by atoms with van der Waals surface area (Å²) in [7, 11) is 0. The van der Waals surface area contributed by atoms with Gasteiger partial charge in [0.25, 0.3) is 0 Å². The molecule has 0 spiro atoms. The molecule has 15 heavy (non-hydrogen) atoms. The lowest BCUT2D eigenvalue weighted by Gasteiger charge is -2.39. The predicted octanol–water partition coefficient (Wildman–Crippen LogP) is 0.0465. The van der Waals surface area contributed by atoms with E-state index in [4.69, 9.17) is 9.84 Å². The van der Waals surface area contributed by atoms with Gasteiger partial charge in [0.05, 0.1) is 0 Å². The summed E-state index contributed by atoms with van der Waals surface area (Å²) < 4.78 is 4.76. The Kier molecular flexibility index (Phi) is 3.85. The van der Waals surface area contributed by atoms with Gasteiger partial charge in [-0.2, -0.15) is 0 Å². The van der Waals surface area contributed by atoms with Gasteiger partial charge >= 0.3 is 5.97 Å². The van der Waals surface area contributed by atoms with Crippen molar-refractivity contribution in [1.29, 1.82) is 0 Å². The molecule has 1 rings (SSSR count). The highest BCUT2D eigenvalue weighted by molar-refractivity contribution is 5.83. The first-order valence-corrected chi connectivity index (χ1v) is 4.75. The Morgan fingerprint density at radius 1 is 1.73 bits per heavy atom. The van der Waals surface area contributed by atoms with Crippen LogP contribution in [0.15, 0.2) is 12.2 Å². The zero-order valence-electron chi connectivity index (χ0n) is 8.73. The average molecular weight is 213 g/mol. The van der Waals surface area contributed by atoms with Crippen molar-refractivity contribution in [2.24, 2.45) is 0 Å². The van der Waals surface area contributed by atoms with Crippen molar-refractivity contribution in [3.05, 3.63) is 12.2 Å². The maximum Gasteiger partial charge on any atom is 0.302 e. The molecule has 1 aliphatic rings. The largest absolute Gasteiger partial charge is 0.461 e. The number of β-lactam (4-membered cyclic amide) rings is 1. The Morgan fingerprint density at radius 2 is 2.40 bits per heavy atom. The van der Waals surface area contributed by atoms with Crippen molar-refractivity contribution < 1.29 is 19.4 Å². The van der Waals surface area contributed by atoms with Crippen molar-refractivity contribution in [3.8, 4) is 0 Å². The Balaban J connectivity index is 2.27. The molecule has 0 saturated carbocycles. The number of rotatable bonds is 5. The molecule has 5 nitrogen and oxygen atoms in total. The molecule has 0 radical (unpaired) electrons. The lowest BCUT2D eigenvalue weighted by atomic mass is 9.96. The summed E-state index contributed by atoms with van der Waals surface area (Å²) in [6.07, 6.45) is 0.999. The molecule has 0 bridgehead atoms. The highest BCUT2D eigenvalue weighted by Gasteiger charge is 2.35. The fourth-order valence-electron chi connectivity index (χ4n) is 1.49. The Bertz CT molecular complexity index is 287. The zero-order chi connectivity index (χ0) is 11.4. The van der Waals surface area contributed by atoms with Crippen LogP contribution in [0.25, 0.3) is 0 Å². The first-order valence-electron chi connectivity index (χ1n) is 4.75. The van der Waals surface area contributed by atoms with Gasteiger partial charge in [-0.15, -0.1) is 0 Å². The molecule has 1 saturated heterocycles. The Labute approximate surface area is 88.3 Å². The fraction of sp³-hybridized carbons (Fsp3) is 0.600. The molecule has 0 aromatic carbocycles. The number of carbonyl (C=O) groups is 2. The number of hydrogen-bond donors (Lipinski definition) is 1. The van der Waals surface area contributed by atoms with E-state index in [1.54, 1.807) is 0 Å². The molecule has 1 fully saturated rings. The first kappa shape index (κ1) is 11.7. The van der Waals surface area contributed by atoms with E-state index in [1.807, 2.05) is 0 Å². The second kappa shape index (κ2) is 4.93. The van der Waals surface area contributed by atoms with E-state index in [9.17, 15) is 9.59 Å². The molecule has 5 heteroatoms. The molecule has 0 aromatic rings. The number of carbonyl (C=O) groups excluding carboxylic acids is 2. The van der Waals surface area contributed by atoms with Crippen LogP contribution >= 0.6 is 0 Å². The second-order valence-electron chi connectivity index (χ2n) is 3.60. The third kappa shape index (κ3) is 3.06. The predicted molar refractivity (Wildman–Crippen MR) is 52.7 cm³/mol. The molecule has 0 aromatic heterocycles. The second-order valence-corrected chi connectivity index (χ2v) is 3.60. The van der Waals surface area contributed by atoms with Crippen LogP contribution in [0.3, 0.4) is 0 Å². The maximum absolute atomic E-state index is 11.0. The lowest BCUT2D eigenvalue weighted by Crippen LogP contribution is -2.53. The normalized spacial score (nSPS) is 19.7. The SMILES string of the molecule is C=C(COC(C)=O)C[C@H]1CC(=O)N1CO. The standard InChI is InChI=1S/C10H15NO4/c1-7(5-15-8(2)13)3-9-4-10(14)11(9)6-12/h9,12H,1,3-6H2,2H3/t9-/m0/s1. The van der Waals surface area contributed by atoms with Crippen LogP contribution in [0.2, 0.25) is 0 Å². The highest BCUT2D eigenvalue weighted by atomic mass is 16.5. The van der Waals surface area contributed by atoms with Gasteiger partial charge in [0.2, 0.25) is 5.91 Å². The first-order chi connectivity index (χ1) is 7.04. The smallest absolute Gasteiger partial charge is 0.302 e. The fourth-order valence-corrected chi connectivity index (χ4v) is 1.49. The summed E-state index contributed by atoms with van der Waals surface area (Å²) in [6, 6.07) is 0.00515. The molecule has 1 N–H and O–H groups in total. The van der Waals surface area contributed by atoms with Crippen LogP contribution in [0.5, 0.6) is 0 Å². The molecule has 1 atom stereocenters. The van der Waals surface area contributed by atoms with Gasteiger partial charge in [-0.05, 0) is 12.0 Å². The molecule has 0 unspecified atom stereocenters. The number of nitrogens with zero attached hydrogens (tertiary/aromatic N) is 1. The van der Waals surface area contributed by atoms with Crippen molar-refractivity contribution in [2.45, 2.75) is 25.8 Å². The minimum absolute atomic E-state index is 0.00515.